The van der Waals surface area contributed by atoms with E-state index in [1.807, 2.05) is 0 Å². The number of hydrogen-bond acceptors (Lipinski definition) is 1. The fourth-order valence-electron chi connectivity index (χ4n) is 1.89. The van der Waals surface area contributed by atoms with Crippen molar-refractivity contribution < 1.29 is 145 Å². The molecular formula is C12HF24NaO2. The molecule has 39 heavy (non-hydrogen) atoms. The van der Waals surface area contributed by atoms with Crippen LogP contribution >= 0.6 is 0 Å². The maximum Gasteiger partial charge on any atom is 1.00 e. The molecule has 2 nitrogen and oxygen atoms in total. The zero-order chi connectivity index (χ0) is 31.1. The van der Waals surface area contributed by atoms with Crippen LogP contribution in [0.4, 0.5) is 101 Å². The second kappa shape index (κ2) is 10.3. The average Bonchev–Trinajstić information content (AvgIpc) is 2.65. The van der Waals surface area contributed by atoms with E-state index in [9.17, 15) is 106 Å². The Bertz CT molecular complexity index is 886. The first-order valence-electron chi connectivity index (χ1n) is 7.52. The minimum atomic E-state index is -9.50. The molecule has 0 spiro atoms. The number of carbonyl (C=O) groups is 1. The third kappa shape index (κ3) is 4.96. The zero-order valence-electron chi connectivity index (χ0n) is 16.9. The van der Waals surface area contributed by atoms with E-state index in [4.69, 9.17) is 5.11 Å². The number of carboxylic acids is 1. The van der Waals surface area contributed by atoms with Gasteiger partial charge in [-0.25, -0.2) is 4.79 Å². The van der Waals surface area contributed by atoms with Gasteiger partial charge in [0, 0.05) is 0 Å². The van der Waals surface area contributed by atoms with Gasteiger partial charge in [-0.15, -0.1) is 0 Å². The normalized spacial score (nSPS) is 15.9. The van der Waals surface area contributed by atoms with E-state index < -0.39 is 71.4 Å². The van der Waals surface area contributed by atoms with Gasteiger partial charge in [0.25, 0.3) is 0 Å². The maximum atomic E-state index is 13.4. The van der Waals surface area contributed by atoms with Gasteiger partial charge in [-0.2, -0.15) is 101 Å². The summed E-state index contributed by atoms with van der Waals surface area (Å²) in [6.45, 7) is 0. The Morgan fingerprint density at radius 1 is 0.359 bits per heavy atom. The fourth-order valence-corrected chi connectivity index (χ4v) is 1.89. The van der Waals surface area contributed by atoms with Crippen molar-refractivity contribution in [2.75, 3.05) is 0 Å². The number of rotatable bonds is 10. The van der Waals surface area contributed by atoms with Crippen molar-refractivity contribution in [3.8, 4) is 0 Å². The van der Waals surface area contributed by atoms with Gasteiger partial charge in [0.15, 0.2) is 0 Å². The molecule has 0 atom stereocenters. The Morgan fingerprint density at radius 2 is 0.513 bits per heavy atom. The molecule has 0 aromatic carbocycles. The second-order valence-corrected chi connectivity index (χ2v) is 6.55. The smallest absolute Gasteiger partial charge is 1.00 e. The van der Waals surface area contributed by atoms with Crippen molar-refractivity contribution >= 4 is 5.97 Å². The molecule has 0 aliphatic rings. The molecule has 0 saturated carbocycles. The third-order valence-corrected chi connectivity index (χ3v) is 4.17. The van der Waals surface area contributed by atoms with E-state index >= 15 is 0 Å². The summed E-state index contributed by atoms with van der Waals surface area (Å²) in [5, 5.41) is 7.63. The van der Waals surface area contributed by atoms with E-state index in [0.29, 0.717) is 0 Å². The van der Waals surface area contributed by atoms with E-state index in [0.717, 1.165) is 0 Å². The Hall–Kier alpha value is -1.21. The molecule has 0 bridgehead atoms. The Balaban J connectivity index is -0.00000648. The molecule has 0 aromatic rings. The molecule has 0 saturated heterocycles. The van der Waals surface area contributed by atoms with Gasteiger partial charge in [0.05, 0.1) is 0 Å². The summed E-state index contributed by atoms with van der Waals surface area (Å²) in [6, 6.07) is 0. The van der Waals surface area contributed by atoms with Crippen molar-refractivity contribution in [1.82, 2.24) is 0 Å². The minimum Gasteiger partial charge on any atom is -1.00 e. The van der Waals surface area contributed by atoms with Crippen LogP contribution in [-0.4, -0.2) is 76.5 Å². The molecule has 0 radical (unpaired) electrons. The Morgan fingerprint density at radius 3 is 0.667 bits per heavy atom. The molecule has 0 aliphatic heterocycles. The van der Waals surface area contributed by atoms with Crippen LogP contribution in [0.2, 0.25) is 0 Å². The first-order valence-corrected chi connectivity index (χ1v) is 7.52. The molecule has 1 N–H and O–H groups in total. The van der Waals surface area contributed by atoms with Crippen molar-refractivity contribution in [3.05, 3.63) is 0 Å². The van der Waals surface area contributed by atoms with Crippen molar-refractivity contribution in [2.45, 2.75) is 65.4 Å². The van der Waals surface area contributed by atoms with Crippen LogP contribution in [0.15, 0.2) is 0 Å². The van der Waals surface area contributed by atoms with Crippen LogP contribution < -0.4 is 34.3 Å². The third-order valence-electron chi connectivity index (χ3n) is 4.17. The molecule has 0 amide bonds. The number of aliphatic carboxylic acids is 1. The molecular weight excluding hydrogens is 655 g/mol. The van der Waals surface area contributed by atoms with E-state index in [1.165, 1.54) is 0 Å². The second-order valence-electron chi connectivity index (χ2n) is 6.55. The maximum absolute atomic E-state index is 13.4. The standard InChI is InChI=1S/C12HF23O2.FH.Na/c13-2(14,1(36)37)3(15,16)4(17,18)5(19,20)6(21,22)7(23,24)8(25,26)9(27,28)10(29,30)11(31,32)12(33,34)35;;/h(H,36,37);1H;/q;;+1/p-1. The van der Waals surface area contributed by atoms with Gasteiger partial charge in [0.2, 0.25) is 0 Å². The molecule has 0 rings (SSSR count). The van der Waals surface area contributed by atoms with Crippen LogP contribution in [0.25, 0.3) is 0 Å². The molecule has 27 heteroatoms. The SMILES string of the molecule is O=C(O)C(F)(F)C(F)(F)C(F)(F)C(F)(F)C(F)(F)C(F)(F)C(F)(F)C(F)(F)C(F)(F)C(F)(F)C(F)(F)F.[F-].[Na+]. The Kier molecular flexibility index (Phi) is 11.1. The van der Waals surface area contributed by atoms with Crippen LogP contribution in [0, 0.1) is 0 Å². The Labute approximate surface area is 217 Å². The van der Waals surface area contributed by atoms with Gasteiger partial charge in [0.1, 0.15) is 0 Å². The first kappa shape index (κ1) is 42.3. The summed E-state index contributed by atoms with van der Waals surface area (Å²) < 4.78 is 298. The molecule has 0 aromatic heterocycles. The van der Waals surface area contributed by atoms with E-state index in [2.05, 4.69) is 0 Å². The van der Waals surface area contributed by atoms with Gasteiger partial charge in [-0.1, -0.05) is 0 Å². The monoisotopic (exact) mass is 656 g/mol. The summed E-state index contributed by atoms with van der Waals surface area (Å²) >= 11 is 0. The van der Waals surface area contributed by atoms with E-state index in [1.54, 1.807) is 0 Å². The quantitative estimate of drug-likeness (QED) is 0.282. The van der Waals surface area contributed by atoms with Crippen LogP contribution in [0.5, 0.6) is 0 Å². The number of alkyl halides is 23. The topological polar surface area (TPSA) is 37.3 Å². The molecule has 0 unspecified atom stereocenters. The fraction of sp³-hybridized carbons (Fsp3) is 0.917. The number of hydrogen-bond donors (Lipinski definition) is 1. The first-order chi connectivity index (χ1) is 15.4. The zero-order valence-corrected chi connectivity index (χ0v) is 18.9. The van der Waals surface area contributed by atoms with Gasteiger partial charge < -0.3 is 9.81 Å². The summed E-state index contributed by atoms with van der Waals surface area (Å²) in [6.07, 6.45) is -8.13. The predicted molar refractivity (Wildman–Crippen MR) is 63.2 cm³/mol. The van der Waals surface area contributed by atoms with Crippen LogP contribution in [0.3, 0.4) is 0 Å². The molecule has 0 aliphatic carbocycles. The summed E-state index contributed by atoms with van der Waals surface area (Å²) in [5.41, 5.74) is 0. The average molecular weight is 656 g/mol. The van der Waals surface area contributed by atoms with Crippen molar-refractivity contribution in [2.24, 2.45) is 0 Å². The van der Waals surface area contributed by atoms with Gasteiger partial charge in [-0.3, -0.25) is 0 Å². The van der Waals surface area contributed by atoms with Crippen LogP contribution in [0.1, 0.15) is 0 Å². The molecule has 0 heterocycles. The van der Waals surface area contributed by atoms with Gasteiger partial charge in [-0.05, 0) is 0 Å². The van der Waals surface area contributed by atoms with Crippen molar-refractivity contribution in [3.63, 3.8) is 0 Å². The molecule has 0 fully saturated rings. The number of halogens is 24. The van der Waals surface area contributed by atoms with E-state index in [-0.39, 0.29) is 34.3 Å². The van der Waals surface area contributed by atoms with Crippen molar-refractivity contribution in [1.29, 1.82) is 0 Å². The minimum absolute atomic E-state index is 0. The summed E-state index contributed by atoms with van der Waals surface area (Å²) in [5.74, 6) is -94.6. The molecule has 230 valence electrons. The number of carboxylic acid groups (broad SMARTS) is 1. The van der Waals surface area contributed by atoms with Gasteiger partial charge >= 0.3 is 101 Å². The summed E-state index contributed by atoms with van der Waals surface area (Å²) in [4.78, 5) is 9.85. The summed E-state index contributed by atoms with van der Waals surface area (Å²) in [7, 11) is 0. The largest absolute Gasteiger partial charge is 1.00 e. The predicted octanol–water partition coefficient (Wildman–Crippen LogP) is 0.994. The van der Waals surface area contributed by atoms with Crippen LogP contribution in [-0.2, 0) is 4.79 Å².